The van der Waals surface area contributed by atoms with Crippen molar-refractivity contribution in [3.05, 3.63) is 38.7 Å². The molecule has 3 rings (SSSR count). The Morgan fingerprint density at radius 3 is 2.42 bits per heavy atom. The molecule has 0 atom stereocenters. The van der Waals surface area contributed by atoms with Crippen molar-refractivity contribution in [3.63, 3.8) is 0 Å². The first-order valence-electron chi connectivity index (χ1n) is 8.01. The molecule has 1 aliphatic heterocycles. The number of hydrogen-bond donors (Lipinski definition) is 0. The van der Waals surface area contributed by atoms with Gasteiger partial charge in [0.15, 0.2) is 0 Å². The van der Waals surface area contributed by atoms with E-state index in [1.165, 1.54) is 17.8 Å². The van der Waals surface area contributed by atoms with Crippen molar-refractivity contribution in [1.82, 2.24) is 23.9 Å². The number of nitrogens with zero attached hydrogens (tertiary/aromatic N) is 5. The number of pyridine rings is 1. The van der Waals surface area contributed by atoms with Crippen molar-refractivity contribution in [1.29, 1.82) is 0 Å². The second-order valence-electron chi connectivity index (χ2n) is 6.03. The third-order valence-corrected chi connectivity index (χ3v) is 4.65. The SMILES string of the molecule is CCN1CCN(C(=O)c2cnc3c(c2)c(=O)n(C)c(=O)n3C)CC1. The van der Waals surface area contributed by atoms with Gasteiger partial charge in [-0.2, -0.15) is 0 Å². The lowest BCUT2D eigenvalue weighted by molar-refractivity contribution is 0.0643. The van der Waals surface area contributed by atoms with E-state index in [0.29, 0.717) is 18.7 Å². The lowest BCUT2D eigenvalue weighted by Crippen LogP contribution is -2.48. The molecule has 0 saturated carbocycles. The Bertz CT molecular complexity index is 906. The maximum atomic E-state index is 12.7. The second-order valence-corrected chi connectivity index (χ2v) is 6.03. The summed E-state index contributed by atoms with van der Waals surface area (Å²) in [6, 6.07) is 1.54. The number of hydrogen-bond acceptors (Lipinski definition) is 5. The van der Waals surface area contributed by atoms with E-state index in [-0.39, 0.29) is 16.9 Å². The molecule has 2 aromatic heterocycles. The largest absolute Gasteiger partial charge is 0.336 e. The topological polar surface area (TPSA) is 80.4 Å². The summed E-state index contributed by atoms with van der Waals surface area (Å²) in [5.74, 6) is -0.129. The molecule has 3 heterocycles. The molecule has 0 spiro atoms. The second kappa shape index (κ2) is 6.20. The monoisotopic (exact) mass is 331 g/mol. The van der Waals surface area contributed by atoms with Crippen LogP contribution in [-0.2, 0) is 14.1 Å². The molecular weight excluding hydrogens is 310 g/mol. The lowest BCUT2D eigenvalue weighted by atomic mass is 10.2. The number of likely N-dealkylation sites (N-methyl/N-ethyl adjacent to an activating group) is 1. The van der Waals surface area contributed by atoms with E-state index >= 15 is 0 Å². The van der Waals surface area contributed by atoms with Gasteiger partial charge in [0.05, 0.1) is 10.9 Å². The van der Waals surface area contributed by atoms with Crippen LogP contribution in [-0.4, -0.2) is 62.5 Å². The van der Waals surface area contributed by atoms with Gasteiger partial charge in [-0.1, -0.05) is 6.92 Å². The normalized spacial score (nSPS) is 15.9. The molecule has 0 unspecified atom stereocenters. The number of rotatable bonds is 2. The van der Waals surface area contributed by atoms with Crippen molar-refractivity contribution >= 4 is 16.9 Å². The molecule has 8 nitrogen and oxygen atoms in total. The van der Waals surface area contributed by atoms with Crippen LogP contribution >= 0.6 is 0 Å². The average molecular weight is 331 g/mol. The Morgan fingerprint density at radius 2 is 1.79 bits per heavy atom. The van der Waals surface area contributed by atoms with Crippen LogP contribution in [0.3, 0.4) is 0 Å². The molecule has 1 aliphatic rings. The first kappa shape index (κ1) is 16.4. The lowest BCUT2D eigenvalue weighted by Gasteiger charge is -2.34. The molecule has 2 aromatic rings. The summed E-state index contributed by atoms with van der Waals surface area (Å²) in [7, 11) is 2.98. The molecule has 24 heavy (non-hydrogen) atoms. The minimum Gasteiger partial charge on any atom is -0.336 e. The van der Waals surface area contributed by atoms with Crippen LogP contribution in [0.1, 0.15) is 17.3 Å². The van der Waals surface area contributed by atoms with Crippen molar-refractivity contribution in [3.8, 4) is 0 Å². The van der Waals surface area contributed by atoms with E-state index in [1.54, 1.807) is 18.0 Å². The molecule has 1 saturated heterocycles. The highest BCUT2D eigenvalue weighted by atomic mass is 16.2. The number of carbonyl (C=O) groups excluding carboxylic acids is 1. The van der Waals surface area contributed by atoms with Crippen molar-refractivity contribution in [2.24, 2.45) is 14.1 Å². The third-order valence-electron chi connectivity index (χ3n) is 4.65. The van der Waals surface area contributed by atoms with Gasteiger partial charge in [0.2, 0.25) is 0 Å². The van der Waals surface area contributed by atoms with Crippen molar-refractivity contribution in [2.75, 3.05) is 32.7 Å². The van der Waals surface area contributed by atoms with Crippen LogP contribution in [0.4, 0.5) is 0 Å². The van der Waals surface area contributed by atoms with Gasteiger partial charge in [0.25, 0.3) is 11.5 Å². The van der Waals surface area contributed by atoms with Crippen LogP contribution in [0.2, 0.25) is 0 Å². The molecule has 0 bridgehead atoms. The highest BCUT2D eigenvalue weighted by molar-refractivity contribution is 5.96. The number of aromatic nitrogens is 3. The van der Waals surface area contributed by atoms with E-state index in [1.807, 2.05) is 0 Å². The van der Waals surface area contributed by atoms with E-state index in [4.69, 9.17) is 0 Å². The van der Waals surface area contributed by atoms with Crippen LogP contribution in [0, 0.1) is 0 Å². The van der Waals surface area contributed by atoms with Crippen LogP contribution in [0.25, 0.3) is 11.0 Å². The predicted octanol–water partition coefficient (Wildman–Crippen LogP) is -0.590. The molecule has 0 aromatic carbocycles. The Balaban J connectivity index is 1.98. The van der Waals surface area contributed by atoms with Gasteiger partial charge in [0, 0.05) is 46.5 Å². The highest BCUT2D eigenvalue weighted by Gasteiger charge is 2.22. The first-order chi connectivity index (χ1) is 11.4. The summed E-state index contributed by atoms with van der Waals surface area (Å²) < 4.78 is 2.34. The molecule has 0 N–H and O–H groups in total. The molecule has 0 aliphatic carbocycles. The summed E-state index contributed by atoms with van der Waals surface area (Å²) >= 11 is 0. The van der Waals surface area contributed by atoms with Gasteiger partial charge in [-0.25, -0.2) is 9.78 Å². The Morgan fingerprint density at radius 1 is 1.12 bits per heavy atom. The molecule has 1 amide bonds. The van der Waals surface area contributed by atoms with Crippen LogP contribution in [0.15, 0.2) is 21.9 Å². The number of piperazine rings is 1. The van der Waals surface area contributed by atoms with Crippen LogP contribution < -0.4 is 11.2 Å². The summed E-state index contributed by atoms with van der Waals surface area (Å²) in [5.41, 5.74) is -0.209. The Hall–Kier alpha value is -2.48. The minimum atomic E-state index is -0.439. The smallest absolute Gasteiger partial charge is 0.332 e. The number of amides is 1. The van der Waals surface area contributed by atoms with Gasteiger partial charge < -0.3 is 9.80 Å². The van der Waals surface area contributed by atoms with Crippen molar-refractivity contribution in [2.45, 2.75) is 6.92 Å². The quantitative estimate of drug-likeness (QED) is 0.735. The summed E-state index contributed by atoms with van der Waals surface area (Å²) in [6.45, 7) is 6.10. The Kier molecular flexibility index (Phi) is 4.23. The first-order valence-corrected chi connectivity index (χ1v) is 8.01. The van der Waals surface area contributed by atoms with Gasteiger partial charge >= 0.3 is 5.69 Å². The minimum absolute atomic E-state index is 0.129. The number of aryl methyl sites for hydroxylation is 1. The van der Waals surface area contributed by atoms with Gasteiger partial charge in [-0.15, -0.1) is 0 Å². The highest BCUT2D eigenvalue weighted by Crippen LogP contribution is 2.12. The predicted molar refractivity (Wildman–Crippen MR) is 90.2 cm³/mol. The van der Waals surface area contributed by atoms with Crippen LogP contribution in [0.5, 0.6) is 0 Å². The number of carbonyl (C=O) groups is 1. The van der Waals surface area contributed by atoms with E-state index in [0.717, 1.165) is 24.2 Å². The maximum Gasteiger partial charge on any atom is 0.332 e. The van der Waals surface area contributed by atoms with Gasteiger partial charge in [-0.3, -0.25) is 18.7 Å². The molecule has 1 fully saturated rings. The maximum absolute atomic E-state index is 12.7. The zero-order valence-electron chi connectivity index (χ0n) is 14.2. The zero-order chi connectivity index (χ0) is 17.4. The summed E-state index contributed by atoms with van der Waals surface area (Å²) in [5, 5.41) is 0.276. The fourth-order valence-corrected chi connectivity index (χ4v) is 3.03. The molecule has 8 heteroatoms. The molecule has 0 radical (unpaired) electrons. The fourth-order valence-electron chi connectivity index (χ4n) is 3.03. The van der Waals surface area contributed by atoms with Gasteiger partial charge in [0.1, 0.15) is 5.65 Å². The van der Waals surface area contributed by atoms with E-state index in [9.17, 15) is 14.4 Å². The van der Waals surface area contributed by atoms with E-state index < -0.39 is 11.2 Å². The average Bonchev–Trinajstić information content (AvgIpc) is 2.63. The standard InChI is InChI=1S/C16H21N5O3/c1-4-20-5-7-21(8-6-20)14(22)11-9-12-13(17-10-11)18(2)16(24)19(3)15(12)23/h9-10H,4-8H2,1-3H3. The molecular formula is C16H21N5O3. The fraction of sp³-hybridized carbons (Fsp3) is 0.500. The van der Waals surface area contributed by atoms with E-state index in [2.05, 4.69) is 16.8 Å². The summed E-state index contributed by atoms with van der Waals surface area (Å²) in [6.07, 6.45) is 1.44. The molecule has 128 valence electrons. The summed E-state index contributed by atoms with van der Waals surface area (Å²) in [4.78, 5) is 45.2. The van der Waals surface area contributed by atoms with Gasteiger partial charge in [-0.05, 0) is 12.6 Å². The third kappa shape index (κ3) is 2.62. The zero-order valence-corrected chi connectivity index (χ0v) is 14.2. The van der Waals surface area contributed by atoms with Crippen molar-refractivity contribution < 1.29 is 4.79 Å². The number of fused-ring (bicyclic) bond motifs is 1. The Labute approximate surface area is 138 Å².